The molecule has 0 radical (unpaired) electrons. The van der Waals surface area contributed by atoms with Crippen LogP contribution in [0.2, 0.25) is 0 Å². The van der Waals surface area contributed by atoms with Crippen molar-refractivity contribution < 1.29 is 36.1 Å². The molecular formula is C11H22N3O5Pt-. The van der Waals surface area contributed by atoms with Crippen molar-refractivity contribution in [1.82, 2.24) is 0 Å². The van der Waals surface area contributed by atoms with Crippen molar-refractivity contribution >= 4 is 5.78 Å². The van der Waals surface area contributed by atoms with Gasteiger partial charge in [-0.2, -0.15) is 0 Å². The van der Waals surface area contributed by atoms with Crippen molar-refractivity contribution in [2.24, 2.45) is 11.5 Å². The molecule has 1 aliphatic carbocycles. The summed E-state index contributed by atoms with van der Waals surface area (Å²) >= 11 is 0. The first-order valence-corrected chi connectivity index (χ1v) is 5.87. The molecule has 0 heterocycles. The third kappa shape index (κ3) is 22.2. The van der Waals surface area contributed by atoms with Gasteiger partial charge < -0.3 is 31.9 Å². The van der Waals surface area contributed by atoms with Gasteiger partial charge in [-0.1, -0.05) is 12.8 Å². The molecule has 0 aliphatic heterocycles. The summed E-state index contributed by atoms with van der Waals surface area (Å²) in [7, 11) is 0. The Bertz CT molecular complexity index is 294. The van der Waals surface area contributed by atoms with Crippen molar-refractivity contribution in [1.29, 1.82) is 0 Å². The molecule has 1 fully saturated rings. The van der Waals surface area contributed by atoms with E-state index in [-0.39, 0.29) is 44.7 Å². The molecule has 0 aromatic rings. The van der Waals surface area contributed by atoms with E-state index in [1.807, 2.05) is 0 Å². The molecule has 9 heteroatoms. The molecule has 0 bridgehead atoms. The maximum absolute atomic E-state index is 10.0. The molecule has 0 saturated heterocycles. The standard InChI is InChI=1S/C6H14N2.C5H8O2.NO3.Pt/c7-5-3-1-2-4-6(5)8;1-4(6)3-5(2)7;2-1(3)4;/h5-6H,1-4,7-8H2;3,6H,1-2H3;;/q;;-1;/b;4-3-;;. The van der Waals surface area contributed by atoms with E-state index >= 15 is 0 Å². The van der Waals surface area contributed by atoms with Crippen LogP contribution < -0.4 is 11.5 Å². The summed E-state index contributed by atoms with van der Waals surface area (Å²) < 4.78 is 0. The average molecular weight is 471 g/mol. The van der Waals surface area contributed by atoms with Crippen molar-refractivity contribution in [3.63, 3.8) is 0 Å². The number of ketones is 1. The van der Waals surface area contributed by atoms with Crippen LogP contribution in [-0.4, -0.2) is 28.1 Å². The van der Waals surface area contributed by atoms with Crippen LogP contribution in [0.3, 0.4) is 0 Å². The van der Waals surface area contributed by atoms with Crippen LogP contribution in [-0.2, 0) is 25.9 Å². The summed E-state index contributed by atoms with van der Waals surface area (Å²) in [6.07, 6.45) is 5.96. The number of rotatable bonds is 1. The fourth-order valence-electron chi connectivity index (χ4n) is 1.48. The average Bonchev–Trinajstić information content (AvgIpc) is 2.20. The summed E-state index contributed by atoms with van der Waals surface area (Å²) in [6.45, 7) is 2.85. The number of allylic oxidation sites excluding steroid dienone is 2. The fraction of sp³-hybridized carbons (Fsp3) is 0.727. The zero-order chi connectivity index (χ0) is 15.4. The normalized spacial score (nSPS) is 21.1. The van der Waals surface area contributed by atoms with Gasteiger partial charge in [-0.05, 0) is 26.7 Å². The van der Waals surface area contributed by atoms with Gasteiger partial charge in [-0.15, -0.1) is 0 Å². The first kappa shape index (κ1) is 24.1. The van der Waals surface area contributed by atoms with Crippen molar-refractivity contribution in [3.05, 3.63) is 27.2 Å². The quantitative estimate of drug-likeness (QED) is 0.223. The molecule has 0 spiro atoms. The molecule has 0 amide bonds. The number of carbonyl (C=O) groups is 1. The molecule has 2 atom stereocenters. The summed E-state index contributed by atoms with van der Waals surface area (Å²) in [4.78, 5) is 18.3. The Morgan fingerprint density at radius 1 is 1.20 bits per heavy atom. The summed E-state index contributed by atoms with van der Waals surface area (Å²) in [6, 6.07) is 0.562. The number of hydrogen-bond acceptors (Lipinski definition) is 7. The zero-order valence-corrected chi connectivity index (χ0v) is 13.8. The van der Waals surface area contributed by atoms with Gasteiger partial charge in [-0.3, -0.25) is 4.79 Å². The van der Waals surface area contributed by atoms with E-state index in [0.29, 0.717) is 0 Å². The Morgan fingerprint density at radius 3 is 1.60 bits per heavy atom. The van der Waals surface area contributed by atoms with Gasteiger partial charge in [0.15, 0.2) is 5.78 Å². The molecule has 0 aromatic carbocycles. The summed E-state index contributed by atoms with van der Waals surface area (Å²) in [5.41, 5.74) is 11.3. The first-order valence-electron chi connectivity index (χ1n) is 5.87. The number of nitrogens with two attached hydrogens (primary N) is 2. The van der Waals surface area contributed by atoms with Gasteiger partial charge in [0, 0.05) is 39.2 Å². The van der Waals surface area contributed by atoms with Crippen LogP contribution in [0.15, 0.2) is 11.8 Å². The minimum Gasteiger partial charge on any atom is -0.512 e. The maximum atomic E-state index is 10.0. The topological polar surface area (TPSA) is 156 Å². The number of aliphatic hydroxyl groups is 1. The molecular weight excluding hydrogens is 449 g/mol. The van der Waals surface area contributed by atoms with Crippen LogP contribution in [0.4, 0.5) is 0 Å². The second-order valence-electron chi connectivity index (χ2n) is 4.23. The molecule has 1 aliphatic rings. The van der Waals surface area contributed by atoms with E-state index in [0.717, 1.165) is 12.8 Å². The minimum atomic E-state index is -1.75. The SMILES string of the molecule is CC(=O)/C=C(/C)O.NC1CCCCC1N.O=[N+]([O-])[O-].[Pt]. The van der Waals surface area contributed by atoms with Crippen LogP contribution in [0, 0.1) is 15.3 Å². The largest absolute Gasteiger partial charge is 0.512 e. The predicted octanol–water partition coefficient (Wildman–Crippen LogP) is 1.01. The van der Waals surface area contributed by atoms with Crippen molar-refractivity contribution in [2.45, 2.75) is 51.6 Å². The summed E-state index contributed by atoms with van der Waals surface area (Å²) in [5.74, 6) is -0.0625. The minimum absolute atomic E-state index is 0. The molecule has 1 saturated carbocycles. The van der Waals surface area contributed by atoms with Gasteiger partial charge in [0.05, 0.1) is 10.8 Å². The summed E-state index contributed by atoms with van der Waals surface area (Å²) in [5, 5.41) is 23.1. The molecule has 20 heavy (non-hydrogen) atoms. The van der Waals surface area contributed by atoms with E-state index < -0.39 is 5.09 Å². The Labute approximate surface area is 132 Å². The number of carbonyl (C=O) groups excluding carboxylic acids is 1. The Hall–Kier alpha value is -0.982. The molecule has 122 valence electrons. The monoisotopic (exact) mass is 471 g/mol. The molecule has 8 nitrogen and oxygen atoms in total. The third-order valence-corrected chi connectivity index (χ3v) is 2.29. The number of nitrogens with zero attached hydrogens (tertiary/aromatic N) is 1. The van der Waals surface area contributed by atoms with Crippen LogP contribution >= 0.6 is 0 Å². The van der Waals surface area contributed by atoms with Crippen molar-refractivity contribution in [2.75, 3.05) is 0 Å². The van der Waals surface area contributed by atoms with Crippen LogP contribution in [0.5, 0.6) is 0 Å². The molecule has 1 rings (SSSR count). The Morgan fingerprint density at radius 2 is 1.50 bits per heavy atom. The smallest absolute Gasteiger partial charge is 0.155 e. The van der Waals surface area contributed by atoms with E-state index in [4.69, 9.17) is 31.9 Å². The predicted molar refractivity (Wildman–Crippen MR) is 71.8 cm³/mol. The van der Waals surface area contributed by atoms with Gasteiger partial charge in [-0.25, -0.2) is 0 Å². The third-order valence-electron chi connectivity index (χ3n) is 2.29. The number of hydrogen-bond donors (Lipinski definition) is 3. The second-order valence-corrected chi connectivity index (χ2v) is 4.23. The van der Waals surface area contributed by atoms with E-state index in [1.165, 1.54) is 32.8 Å². The van der Waals surface area contributed by atoms with Crippen molar-refractivity contribution in [3.8, 4) is 0 Å². The number of aliphatic hydroxyl groups excluding tert-OH is 1. The maximum Gasteiger partial charge on any atom is 0.155 e. The zero-order valence-electron chi connectivity index (χ0n) is 11.6. The molecule has 0 aromatic heterocycles. The van der Waals surface area contributed by atoms with Crippen LogP contribution in [0.25, 0.3) is 0 Å². The van der Waals surface area contributed by atoms with Gasteiger partial charge in [0.25, 0.3) is 0 Å². The van der Waals surface area contributed by atoms with Crippen LogP contribution in [0.1, 0.15) is 39.5 Å². The van der Waals surface area contributed by atoms with Gasteiger partial charge in [0.1, 0.15) is 0 Å². The van der Waals surface area contributed by atoms with E-state index in [1.54, 1.807) is 0 Å². The molecule has 5 N–H and O–H groups in total. The molecule has 2 unspecified atom stereocenters. The van der Waals surface area contributed by atoms with E-state index in [9.17, 15) is 4.79 Å². The van der Waals surface area contributed by atoms with E-state index in [2.05, 4.69) is 0 Å². The second kappa shape index (κ2) is 14.4. The van der Waals surface area contributed by atoms with Gasteiger partial charge in [0.2, 0.25) is 0 Å². The van der Waals surface area contributed by atoms with Gasteiger partial charge >= 0.3 is 0 Å². The Balaban J connectivity index is -0.000000224. The fourth-order valence-corrected chi connectivity index (χ4v) is 1.48. The first-order chi connectivity index (χ1) is 8.66. The Kier molecular flexibility index (Phi) is 17.4.